The van der Waals surface area contributed by atoms with Crippen LogP contribution in [0.1, 0.15) is 15.5 Å². The van der Waals surface area contributed by atoms with Gasteiger partial charge in [0.25, 0.3) is 5.91 Å². The number of amides is 1. The van der Waals surface area contributed by atoms with E-state index in [9.17, 15) is 14.3 Å². The number of hydrogen-bond acceptors (Lipinski definition) is 4. The van der Waals surface area contributed by atoms with Gasteiger partial charge in [0.1, 0.15) is 17.3 Å². The Bertz CT molecular complexity index is 877. The lowest BCUT2D eigenvalue weighted by Crippen LogP contribution is -2.13. The molecule has 1 amide bonds. The molecule has 116 valence electrons. The number of rotatable bonds is 3. The molecule has 6 heteroatoms. The second-order valence-electron chi connectivity index (χ2n) is 4.89. The Morgan fingerprint density at radius 2 is 2.00 bits per heavy atom. The summed E-state index contributed by atoms with van der Waals surface area (Å²) in [5.74, 6) is -0.851. The molecule has 0 saturated heterocycles. The van der Waals surface area contributed by atoms with E-state index < -0.39 is 5.91 Å². The van der Waals surface area contributed by atoms with Gasteiger partial charge in [-0.05, 0) is 36.8 Å². The van der Waals surface area contributed by atoms with Crippen molar-refractivity contribution in [3.63, 3.8) is 0 Å². The number of hydrogen-bond donors (Lipinski definition) is 2. The van der Waals surface area contributed by atoms with Gasteiger partial charge in [-0.2, -0.15) is 0 Å². The number of phenols is 1. The molecule has 0 saturated carbocycles. The van der Waals surface area contributed by atoms with Crippen molar-refractivity contribution >= 4 is 22.9 Å². The van der Waals surface area contributed by atoms with Gasteiger partial charge < -0.3 is 10.4 Å². The quantitative estimate of drug-likeness (QED) is 0.708. The van der Waals surface area contributed by atoms with E-state index in [-0.39, 0.29) is 17.3 Å². The van der Waals surface area contributed by atoms with Crippen LogP contribution in [0, 0.1) is 12.7 Å². The van der Waals surface area contributed by atoms with Gasteiger partial charge in [0.2, 0.25) is 0 Å². The number of phenolic OH excluding ortho intramolecular Hbond substituents is 1. The first-order valence-electron chi connectivity index (χ1n) is 6.87. The number of thiazole rings is 1. The van der Waals surface area contributed by atoms with Crippen LogP contribution in [0.15, 0.2) is 48.5 Å². The maximum Gasteiger partial charge on any atom is 0.275 e. The summed E-state index contributed by atoms with van der Waals surface area (Å²) in [6.07, 6.45) is 0. The third-order valence-electron chi connectivity index (χ3n) is 3.19. The molecule has 23 heavy (non-hydrogen) atoms. The predicted octanol–water partition coefficient (Wildman–Crippen LogP) is 4.22. The number of carbonyl (C=O) groups excluding carboxylic acids is 1. The van der Waals surface area contributed by atoms with Crippen molar-refractivity contribution in [1.29, 1.82) is 0 Å². The second kappa shape index (κ2) is 6.18. The molecule has 0 bridgehead atoms. The SMILES string of the molecule is Cc1nc(C(=O)Nc2ccccc2O)c(-c2cccc(F)c2)s1. The standard InChI is InChI=1S/C17H13FN2O2S/c1-10-19-15(16(23-10)11-5-4-6-12(18)9-11)17(22)20-13-7-2-3-8-14(13)21/h2-9,21H,1H3,(H,20,22). The average Bonchev–Trinajstić information content (AvgIpc) is 2.92. The molecular weight excluding hydrogens is 315 g/mol. The van der Waals surface area contributed by atoms with Crippen molar-refractivity contribution < 1.29 is 14.3 Å². The largest absolute Gasteiger partial charge is 0.506 e. The monoisotopic (exact) mass is 328 g/mol. The van der Waals surface area contributed by atoms with Gasteiger partial charge in [-0.25, -0.2) is 9.37 Å². The molecule has 1 aromatic heterocycles. The van der Waals surface area contributed by atoms with E-state index >= 15 is 0 Å². The van der Waals surface area contributed by atoms with Crippen LogP contribution in [0.4, 0.5) is 10.1 Å². The maximum atomic E-state index is 13.4. The van der Waals surface area contributed by atoms with Crippen LogP contribution >= 0.6 is 11.3 Å². The van der Waals surface area contributed by atoms with Crippen LogP contribution in [0.3, 0.4) is 0 Å². The Morgan fingerprint density at radius 3 is 2.74 bits per heavy atom. The number of para-hydroxylation sites is 2. The number of nitrogens with zero attached hydrogens (tertiary/aromatic N) is 1. The molecule has 3 aromatic rings. The van der Waals surface area contributed by atoms with Crippen LogP contribution in [-0.2, 0) is 0 Å². The van der Waals surface area contributed by atoms with Crippen molar-refractivity contribution in [1.82, 2.24) is 4.98 Å². The van der Waals surface area contributed by atoms with Gasteiger partial charge in [0.15, 0.2) is 0 Å². The molecule has 2 aromatic carbocycles. The summed E-state index contributed by atoms with van der Waals surface area (Å²) in [6, 6.07) is 12.5. The van der Waals surface area contributed by atoms with Crippen LogP contribution < -0.4 is 5.32 Å². The highest BCUT2D eigenvalue weighted by Crippen LogP contribution is 2.31. The zero-order valence-electron chi connectivity index (χ0n) is 12.2. The van der Waals surface area contributed by atoms with E-state index in [0.29, 0.717) is 21.1 Å². The van der Waals surface area contributed by atoms with Crippen LogP contribution in [0.5, 0.6) is 5.75 Å². The molecule has 0 radical (unpaired) electrons. The minimum Gasteiger partial charge on any atom is -0.506 e. The molecular formula is C17H13FN2O2S. The third-order valence-corrected chi connectivity index (χ3v) is 4.21. The Morgan fingerprint density at radius 1 is 1.22 bits per heavy atom. The summed E-state index contributed by atoms with van der Waals surface area (Å²) < 4.78 is 13.4. The molecule has 0 atom stereocenters. The minimum atomic E-state index is -0.449. The lowest BCUT2D eigenvalue weighted by molar-refractivity contribution is 0.102. The molecule has 4 nitrogen and oxygen atoms in total. The van der Waals surface area contributed by atoms with E-state index in [1.807, 2.05) is 0 Å². The van der Waals surface area contributed by atoms with Crippen molar-refractivity contribution in [3.8, 4) is 16.2 Å². The minimum absolute atomic E-state index is 0.0277. The predicted molar refractivity (Wildman–Crippen MR) is 88.3 cm³/mol. The number of anilines is 1. The Labute approximate surface area is 136 Å². The van der Waals surface area contributed by atoms with Gasteiger partial charge >= 0.3 is 0 Å². The maximum absolute atomic E-state index is 13.4. The molecule has 3 rings (SSSR count). The van der Waals surface area contributed by atoms with Gasteiger partial charge in [-0.3, -0.25) is 4.79 Å². The lowest BCUT2D eigenvalue weighted by Gasteiger charge is -2.07. The number of aryl methyl sites for hydroxylation is 1. The summed E-state index contributed by atoms with van der Waals surface area (Å²) >= 11 is 1.32. The molecule has 0 fully saturated rings. The summed E-state index contributed by atoms with van der Waals surface area (Å²) in [5.41, 5.74) is 1.10. The fourth-order valence-electron chi connectivity index (χ4n) is 2.17. The van der Waals surface area contributed by atoms with Gasteiger partial charge in [0, 0.05) is 0 Å². The van der Waals surface area contributed by atoms with Crippen LogP contribution in [0.2, 0.25) is 0 Å². The summed E-state index contributed by atoms with van der Waals surface area (Å²) in [6.45, 7) is 1.78. The first kappa shape index (κ1) is 15.2. The second-order valence-corrected chi connectivity index (χ2v) is 6.10. The highest BCUT2D eigenvalue weighted by molar-refractivity contribution is 7.15. The molecule has 0 aliphatic rings. The van der Waals surface area contributed by atoms with Crippen molar-refractivity contribution in [2.45, 2.75) is 6.92 Å². The van der Waals surface area contributed by atoms with Crippen molar-refractivity contribution in [2.75, 3.05) is 5.32 Å². The fraction of sp³-hybridized carbons (Fsp3) is 0.0588. The van der Waals surface area contributed by atoms with Crippen LogP contribution in [-0.4, -0.2) is 16.0 Å². The smallest absolute Gasteiger partial charge is 0.275 e. The summed E-state index contributed by atoms with van der Waals surface area (Å²) in [5, 5.41) is 13.1. The topological polar surface area (TPSA) is 62.2 Å². The summed E-state index contributed by atoms with van der Waals surface area (Å²) in [7, 11) is 0. The number of carbonyl (C=O) groups is 1. The number of nitrogens with one attached hydrogen (secondary N) is 1. The van der Waals surface area contributed by atoms with Gasteiger partial charge in [-0.15, -0.1) is 11.3 Å². The van der Waals surface area contributed by atoms with E-state index in [1.54, 1.807) is 37.3 Å². The van der Waals surface area contributed by atoms with Gasteiger partial charge in [-0.1, -0.05) is 24.3 Å². The number of benzene rings is 2. The van der Waals surface area contributed by atoms with E-state index in [0.717, 1.165) is 0 Å². The van der Waals surface area contributed by atoms with Crippen LogP contribution in [0.25, 0.3) is 10.4 Å². The molecule has 0 aliphatic carbocycles. The molecule has 1 heterocycles. The fourth-order valence-corrected chi connectivity index (χ4v) is 3.08. The molecule has 2 N–H and O–H groups in total. The number of halogens is 1. The van der Waals surface area contributed by atoms with E-state index in [4.69, 9.17) is 0 Å². The molecule has 0 aliphatic heterocycles. The molecule has 0 spiro atoms. The first-order valence-corrected chi connectivity index (χ1v) is 7.69. The Kier molecular flexibility index (Phi) is 4.08. The van der Waals surface area contributed by atoms with E-state index in [1.165, 1.54) is 29.5 Å². The van der Waals surface area contributed by atoms with Crippen molar-refractivity contribution in [2.24, 2.45) is 0 Å². The third kappa shape index (κ3) is 3.22. The number of aromatic nitrogens is 1. The highest BCUT2D eigenvalue weighted by Gasteiger charge is 2.19. The highest BCUT2D eigenvalue weighted by atomic mass is 32.1. The van der Waals surface area contributed by atoms with Gasteiger partial charge in [0.05, 0.1) is 15.6 Å². The average molecular weight is 328 g/mol. The first-order chi connectivity index (χ1) is 11.0. The molecule has 0 unspecified atom stereocenters. The zero-order valence-corrected chi connectivity index (χ0v) is 13.0. The lowest BCUT2D eigenvalue weighted by atomic mass is 10.1. The van der Waals surface area contributed by atoms with E-state index in [2.05, 4.69) is 10.3 Å². The Balaban J connectivity index is 1.97. The van der Waals surface area contributed by atoms with Crippen molar-refractivity contribution in [3.05, 3.63) is 65.0 Å². The summed E-state index contributed by atoms with van der Waals surface area (Å²) in [4.78, 5) is 17.3. The number of aromatic hydroxyl groups is 1. The zero-order chi connectivity index (χ0) is 16.4. The Hall–Kier alpha value is -2.73. The normalized spacial score (nSPS) is 10.5.